The zero-order chi connectivity index (χ0) is 18.7. The third-order valence-corrected chi connectivity index (χ3v) is 4.20. The lowest BCUT2D eigenvalue weighted by Crippen LogP contribution is -2.28. The molecular formula is C20H20FN3O2. The average molecular weight is 353 g/mol. The van der Waals surface area contributed by atoms with Gasteiger partial charge in [-0.1, -0.05) is 30.3 Å². The molecule has 0 radical (unpaired) electrons. The number of carbonyl (C=O) groups excluding carboxylic acids is 1. The van der Waals surface area contributed by atoms with Crippen molar-refractivity contribution < 1.29 is 13.7 Å². The Bertz CT molecular complexity index is 919. The maximum absolute atomic E-state index is 13.3. The smallest absolute Gasteiger partial charge is 0.251 e. The maximum Gasteiger partial charge on any atom is 0.251 e. The molecule has 3 aromatic rings. The quantitative estimate of drug-likeness (QED) is 0.739. The largest absolute Gasteiger partial charge is 0.340 e. The molecule has 3 rings (SSSR count). The summed E-state index contributed by atoms with van der Waals surface area (Å²) < 4.78 is 18.4. The highest BCUT2D eigenvalue weighted by molar-refractivity contribution is 5.95. The van der Waals surface area contributed by atoms with Gasteiger partial charge in [-0.2, -0.15) is 4.98 Å². The summed E-state index contributed by atoms with van der Waals surface area (Å²) >= 11 is 0. The molecule has 0 bridgehead atoms. The van der Waals surface area contributed by atoms with E-state index < -0.39 is 0 Å². The van der Waals surface area contributed by atoms with Crippen molar-refractivity contribution in [2.45, 2.75) is 33.2 Å². The molecule has 1 N–H and O–H groups in total. The summed E-state index contributed by atoms with van der Waals surface area (Å²) in [5, 5.41) is 6.67. The second-order valence-electron chi connectivity index (χ2n) is 6.15. The molecule has 2 aromatic carbocycles. The first-order chi connectivity index (χ1) is 12.5. The van der Waals surface area contributed by atoms with Crippen molar-refractivity contribution in [1.29, 1.82) is 0 Å². The van der Waals surface area contributed by atoms with E-state index in [2.05, 4.69) is 15.5 Å². The van der Waals surface area contributed by atoms with E-state index in [-0.39, 0.29) is 17.8 Å². The summed E-state index contributed by atoms with van der Waals surface area (Å²) in [5.41, 5.74) is 3.24. The Hall–Kier alpha value is -3.02. The van der Waals surface area contributed by atoms with Gasteiger partial charge in [0.2, 0.25) is 5.89 Å². The second kappa shape index (κ2) is 7.47. The maximum atomic E-state index is 13.3. The molecular weight excluding hydrogens is 333 g/mol. The molecule has 1 atom stereocenters. The van der Waals surface area contributed by atoms with Gasteiger partial charge in [0.15, 0.2) is 5.82 Å². The zero-order valence-corrected chi connectivity index (χ0v) is 14.9. The van der Waals surface area contributed by atoms with Crippen molar-refractivity contribution in [3.63, 3.8) is 0 Å². The zero-order valence-electron chi connectivity index (χ0n) is 14.9. The van der Waals surface area contributed by atoms with E-state index in [1.54, 1.807) is 25.1 Å². The Balaban J connectivity index is 1.76. The summed E-state index contributed by atoms with van der Waals surface area (Å²) in [6, 6.07) is 11.5. The van der Waals surface area contributed by atoms with Gasteiger partial charge in [-0.15, -0.1) is 0 Å². The van der Waals surface area contributed by atoms with Crippen LogP contribution in [0.4, 0.5) is 4.39 Å². The normalized spacial score (nSPS) is 12.0. The van der Waals surface area contributed by atoms with Crippen molar-refractivity contribution in [3.05, 3.63) is 71.1 Å². The van der Waals surface area contributed by atoms with E-state index in [0.29, 0.717) is 23.7 Å². The first-order valence-electron chi connectivity index (χ1n) is 8.45. The number of aromatic nitrogens is 2. The lowest BCUT2D eigenvalue weighted by atomic mass is 9.99. The SMILES string of the molecule is CCC(NC(=O)c1ccc(-c2ccc(F)cc2C)cc1)c1nc(C)no1. The van der Waals surface area contributed by atoms with Gasteiger partial charge in [0.1, 0.15) is 11.9 Å². The minimum absolute atomic E-state index is 0.213. The van der Waals surface area contributed by atoms with E-state index in [1.807, 2.05) is 26.0 Å². The topological polar surface area (TPSA) is 68.0 Å². The Kier molecular flexibility index (Phi) is 5.11. The number of benzene rings is 2. The number of hydrogen-bond donors (Lipinski definition) is 1. The van der Waals surface area contributed by atoms with Gasteiger partial charge in [-0.05, 0) is 61.2 Å². The van der Waals surface area contributed by atoms with Gasteiger partial charge in [0.25, 0.3) is 5.91 Å². The molecule has 5 nitrogen and oxygen atoms in total. The van der Waals surface area contributed by atoms with Crippen molar-refractivity contribution >= 4 is 5.91 Å². The van der Waals surface area contributed by atoms with Crippen molar-refractivity contribution in [2.24, 2.45) is 0 Å². The predicted octanol–water partition coefficient (Wildman–Crippen LogP) is 4.37. The third kappa shape index (κ3) is 3.79. The summed E-state index contributed by atoms with van der Waals surface area (Å²) in [6.45, 7) is 5.53. The van der Waals surface area contributed by atoms with E-state index in [1.165, 1.54) is 12.1 Å². The van der Waals surface area contributed by atoms with Gasteiger partial charge < -0.3 is 9.84 Å². The van der Waals surface area contributed by atoms with Crippen molar-refractivity contribution in [1.82, 2.24) is 15.5 Å². The average Bonchev–Trinajstić information content (AvgIpc) is 3.06. The summed E-state index contributed by atoms with van der Waals surface area (Å²) in [5.74, 6) is 0.461. The number of hydrogen-bond acceptors (Lipinski definition) is 4. The van der Waals surface area contributed by atoms with Crippen LogP contribution in [0.2, 0.25) is 0 Å². The third-order valence-electron chi connectivity index (χ3n) is 4.20. The number of amides is 1. The van der Waals surface area contributed by atoms with Crippen molar-refractivity contribution in [3.8, 4) is 11.1 Å². The van der Waals surface area contributed by atoms with Crippen LogP contribution in [0.5, 0.6) is 0 Å². The Morgan fingerprint density at radius 3 is 2.50 bits per heavy atom. The molecule has 134 valence electrons. The van der Waals surface area contributed by atoms with Gasteiger partial charge in [-0.3, -0.25) is 4.79 Å². The number of rotatable bonds is 5. The Labute approximate surface area is 151 Å². The molecule has 0 fully saturated rings. The molecule has 0 saturated carbocycles. The number of carbonyl (C=O) groups is 1. The van der Waals surface area contributed by atoms with Gasteiger partial charge >= 0.3 is 0 Å². The number of nitrogens with one attached hydrogen (secondary N) is 1. The molecule has 0 aliphatic carbocycles. The summed E-state index contributed by atoms with van der Waals surface area (Å²) in [6.07, 6.45) is 0.639. The van der Waals surface area contributed by atoms with E-state index in [4.69, 9.17) is 4.52 Å². The van der Waals surface area contributed by atoms with Gasteiger partial charge in [-0.25, -0.2) is 4.39 Å². The van der Waals surface area contributed by atoms with Crippen LogP contribution >= 0.6 is 0 Å². The van der Waals surface area contributed by atoms with Crippen LogP contribution in [0.1, 0.15) is 47.0 Å². The molecule has 0 aliphatic heterocycles. The minimum Gasteiger partial charge on any atom is -0.340 e. The number of aryl methyl sites for hydroxylation is 2. The number of nitrogens with zero attached hydrogens (tertiary/aromatic N) is 2. The van der Waals surface area contributed by atoms with E-state index >= 15 is 0 Å². The highest BCUT2D eigenvalue weighted by Crippen LogP contribution is 2.24. The fraction of sp³-hybridized carbons (Fsp3) is 0.250. The van der Waals surface area contributed by atoms with Crippen LogP contribution in [0.25, 0.3) is 11.1 Å². The molecule has 26 heavy (non-hydrogen) atoms. The van der Waals surface area contributed by atoms with Crippen molar-refractivity contribution in [2.75, 3.05) is 0 Å². The van der Waals surface area contributed by atoms with Crippen LogP contribution in [0, 0.1) is 19.7 Å². The molecule has 0 aliphatic rings. The summed E-state index contributed by atoms with van der Waals surface area (Å²) in [7, 11) is 0. The van der Waals surface area contributed by atoms with Crippen LogP contribution in [-0.4, -0.2) is 16.0 Å². The monoisotopic (exact) mass is 353 g/mol. The highest BCUT2D eigenvalue weighted by atomic mass is 19.1. The predicted molar refractivity (Wildman–Crippen MR) is 96.1 cm³/mol. The molecule has 1 heterocycles. The minimum atomic E-state index is -0.331. The van der Waals surface area contributed by atoms with E-state index in [0.717, 1.165) is 16.7 Å². The highest BCUT2D eigenvalue weighted by Gasteiger charge is 2.19. The standard InChI is InChI=1S/C20H20FN3O2/c1-4-18(20-22-13(3)24-26-20)23-19(25)15-7-5-14(6-8-15)17-10-9-16(21)11-12(17)2/h5-11,18H,4H2,1-3H3,(H,23,25). The van der Waals surface area contributed by atoms with Gasteiger partial charge in [0, 0.05) is 5.56 Å². The van der Waals surface area contributed by atoms with E-state index in [9.17, 15) is 9.18 Å². The van der Waals surface area contributed by atoms with Crippen LogP contribution in [-0.2, 0) is 0 Å². The first-order valence-corrected chi connectivity index (χ1v) is 8.45. The Morgan fingerprint density at radius 2 is 1.92 bits per heavy atom. The fourth-order valence-electron chi connectivity index (χ4n) is 2.79. The second-order valence-corrected chi connectivity index (χ2v) is 6.15. The van der Waals surface area contributed by atoms with Crippen LogP contribution in [0.15, 0.2) is 47.0 Å². The molecule has 1 unspecified atom stereocenters. The lowest BCUT2D eigenvalue weighted by molar-refractivity contribution is 0.0927. The fourth-order valence-corrected chi connectivity index (χ4v) is 2.79. The molecule has 0 saturated heterocycles. The summed E-state index contributed by atoms with van der Waals surface area (Å²) in [4.78, 5) is 16.7. The first kappa shape index (κ1) is 17.8. The molecule has 1 aromatic heterocycles. The van der Waals surface area contributed by atoms with Gasteiger partial charge in [0.05, 0.1) is 0 Å². The molecule has 1 amide bonds. The molecule has 0 spiro atoms. The number of halogens is 1. The van der Waals surface area contributed by atoms with Crippen LogP contribution in [0.3, 0.4) is 0 Å². The van der Waals surface area contributed by atoms with Crippen LogP contribution < -0.4 is 5.32 Å². The lowest BCUT2D eigenvalue weighted by Gasteiger charge is -2.13. The Morgan fingerprint density at radius 1 is 1.19 bits per heavy atom. The molecule has 6 heteroatoms.